The second-order valence-electron chi connectivity index (χ2n) is 6.09. The summed E-state index contributed by atoms with van der Waals surface area (Å²) in [6.45, 7) is 8.24. The third kappa shape index (κ3) is 2.48. The number of nitrogens with zero attached hydrogens (tertiary/aromatic N) is 1. The van der Waals surface area contributed by atoms with Crippen molar-refractivity contribution in [3.63, 3.8) is 0 Å². The quantitative estimate of drug-likeness (QED) is 0.909. The third-order valence-corrected chi connectivity index (χ3v) is 6.22. The fraction of sp³-hybridized carbons (Fsp3) is 0.750. The van der Waals surface area contributed by atoms with E-state index < -0.39 is 0 Å². The van der Waals surface area contributed by atoms with Gasteiger partial charge in [0.15, 0.2) is 0 Å². The average molecular weight is 278 g/mol. The van der Waals surface area contributed by atoms with Gasteiger partial charge in [-0.05, 0) is 49.1 Å². The van der Waals surface area contributed by atoms with Gasteiger partial charge >= 0.3 is 0 Å². The Balaban J connectivity index is 1.80. The van der Waals surface area contributed by atoms with Gasteiger partial charge in [0, 0.05) is 36.1 Å². The maximum absolute atomic E-state index is 3.78. The van der Waals surface area contributed by atoms with Crippen molar-refractivity contribution in [2.75, 3.05) is 19.6 Å². The number of nitrogens with one attached hydrogen (secondary N) is 1. The molecule has 0 saturated carbocycles. The fourth-order valence-corrected chi connectivity index (χ4v) is 4.80. The molecule has 2 aliphatic rings. The molecular formula is C16H26N2S. The summed E-state index contributed by atoms with van der Waals surface area (Å²) in [5.41, 5.74) is 1.99. The van der Waals surface area contributed by atoms with E-state index >= 15 is 0 Å². The van der Waals surface area contributed by atoms with Crippen molar-refractivity contribution in [2.45, 2.75) is 57.5 Å². The van der Waals surface area contributed by atoms with Crippen LogP contribution >= 0.6 is 11.3 Å². The molecule has 0 amide bonds. The molecule has 1 unspecified atom stereocenters. The summed E-state index contributed by atoms with van der Waals surface area (Å²) >= 11 is 1.96. The molecule has 1 saturated heterocycles. The van der Waals surface area contributed by atoms with Crippen molar-refractivity contribution in [1.82, 2.24) is 10.2 Å². The Morgan fingerprint density at radius 1 is 1.42 bits per heavy atom. The highest BCUT2D eigenvalue weighted by Crippen LogP contribution is 2.38. The lowest BCUT2D eigenvalue weighted by Crippen LogP contribution is -2.60. The SMILES string of the molecule is CCC1(CC)CN(C2CCCc3sccc32)CCN1. The van der Waals surface area contributed by atoms with Crippen LogP contribution in [-0.2, 0) is 6.42 Å². The Bertz CT molecular complexity index is 422. The average Bonchev–Trinajstić information content (AvgIpc) is 2.95. The van der Waals surface area contributed by atoms with Crippen LogP contribution in [0.5, 0.6) is 0 Å². The Labute approximate surface area is 121 Å². The number of piperazine rings is 1. The predicted octanol–water partition coefficient (Wildman–Crippen LogP) is 3.59. The zero-order valence-corrected chi connectivity index (χ0v) is 13.1. The molecule has 1 aromatic heterocycles. The summed E-state index contributed by atoms with van der Waals surface area (Å²) in [5.74, 6) is 0. The van der Waals surface area contributed by atoms with Gasteiger partial charge in [0.1, 0.15) is 0 Å². The maximum atomic E-state index is 3.78. The number of hydrogen-bond acceptors (Lipinski definition) is 3. The summed E-state index contributed by atoms with van der Waals surface area (Å²) < 4.78 is 0. The molecule has 3 rings (SSSR count). The Kier molecular flexibility index (Phi) is 3.97. The minimum atomic E-state index is 0.353. The van der Waals surface area contributed by atoms with Crippen molar-refractivity contribution in [3.8, 4) is 0 Å². The van der Waals surface area contributed by atoms with Gasteiger partial charge < -0.3 is 5.32 Å². The Morgan fingerprint density at radius 2 is 2.26 bits per heavy atom. The molecule has 1 aromatic rings. The molecule has 1 aliphatic heterocycles. The van der Waals surface area contributed by atoms with Crippen molar-refractivity contribution >= 4 is 11.3 Å². The molecule has 3 heteroatoms. The van der Waals surface area contributed by atoms with E-state index in [1.54, 1.807) is 10.4 Å². The second kappa shape index (κ2) is 5.55. The molecule has 2 heterocycles. The first-order valence-electron chi connectivity index (χ1n) is 7.83. The van der Waals surface area contributed by atoms with Crippen molar-refractivity contribution < 1.29 is 0 Å². The largest absolute Gasteiger partial charge is 0.309 e. The van der Waals surface area contributed by atoms with Gasteiger partial charge in [-0.15, -0.1) is 11.3 Å². The van der Waals surface area contributed by atoms with Crippen LogP contribution in [0.25, 0.3) is 0 Å². The lowest BCUT2D eigenvalue weighted by molar-refractivity contribution is 0.0780. The van der Waals surface area contributed by atoms with E-state index in [0.29, 0.717) is 11.6 Å². The second-order valence-corrected chi connectivity index (χ2v) is 7.09. The molecule has 1 N–H and O–H groups in total. The van der Waals surface area contributed by atoms with E-state index in [1.165, 1.54) is 45.2 Å². The zero-order valence-electron chi connectivity index (χ0n) is 12.2. The van der Waals surface area contributed by atoms with Crippen LogP contribution in [0, 0.1) is 0 Å². The number of thiophene rings is 1. The molecule has 0 radical (unpaired) electrons. The standard InChI is InChI=1S/C16H26N2S/c1-3-16(4-2)12-18(10-9-17-16)14-6-5-7-15-13(14)8-11-19-15/h8,11,14,17H,3-7,9-10,12H2,1-2H3. The van der Waals surface area contributed by atoms with Crippen LogP contribution in [0.1, 0.15) is 56.0 Å². The normalized spacial score (nSPS) is 27.2. The van der Waals surface area contributed by atoms with Crippen molar-refractivity contribution in [2.24, 2.45) is 0 Å². The highest BCUT2D eigenvalue weighted by atomic mass is 32.1. The summed E-state index contributed by atoms with van der Waals surface area (Å²) in [6, 6.07) is 3.07. The molecule has 0 aromatic carbocycles. The summed E-state index contributed by atoms with van der Waals surface area (Å²) in [6.07, 6.45) is 6.51. The zero-order chi connectivity index (χ0) is 13.3. The van der Waals surface area contributed by atoms with Crippen molar-refractivity contribution in [1.29, 1.82) is 0 Å². The van der Waals surface area contributed by atoms with E-state index in [2.05, 4.69) is 35.5 Å². The van der Waals surface area contributed by atoms with Crippen LogP contribution in [0.3, 0.4) is 0 Å². The van der Waals surface area contributed by atoms with E-state index in [-0.39, 0.29) is 0 Å². The predicted molar refractivity (Wildman–Crippen MR) is 82.9 cm³/mol. The Hall–Kier alpha value is -0.380. The highest BCUT2D eigenvalue weighted by molar-refractivity contribution is 7.10. The fourth-order valence-electron chi connectivity index (χ4n) is 3.82. The number of fused-ring (bicyclic) bond motifs is 1. The summed E-state index contributed by atoms with van der Waals surface area (Å²) in [7, 11) is 0. The minimum Gasteiger partial charge on any atom is -0.309 e. The first-order chi connectivity index (χ1) is 9.28. The highest BCUT2D eigenvalue weighted by Gasteiger charge is 2.36. The lowest BCUT2D eigenvalue weighted by atomic mass is 9.86. The molecule has 1 aliphatic carbocycles. The van der Waals surface area contributed by atoms with Crippen LogP contribution < -0.4 is 5.32 Å². The van der Waals surface area contributed by atoms with Crippen LogP contribution in [-0.4, -0.2) is 30.1 Å². The molecule has 0 spiro atoms. The van der Waals surface area contributed by atoms with Gasteiger partial charge in [-0.3, -0.25) is 4.90 Å². The van der Waals surface area contributed by atoms with Gasteiger partial charge in [-0.2, -0.15) is 0 Å². The van der Waals surface area contributed by atoms with E-state index in [4.69, 9.17) is 0 Å². The molecule has 1 atom stereocenters. The van der Waals surface area contributed by atoms with Gasteiger partial charge in [0.2, 0.25) is 0 Å². The van der Waals surface area contributed by atoms with E-state index in [1.807, 2.05) is 11.3 Å². The maximum Gasteiger partial charge on any atom is 0.0360 e. The van der Waals surface area contributed by atoms with Gasteiger partial charge in [-0.25, -0.2) is 0 Å². The van der Waals surface area contributed by atoms with E-state index in [0.717, 1.165) is 6.54 Å². The van der Waals surface area contributed by atoms with E-state index in [9.17, 15) is 0 Å². The third-order valence-electron chi connectivity index (χ3n) is 5.22. The smallest absolute Gasteiger partial charge is 0.0360 e. The number of rotatable bonds is 3. The summed E-state index contributed by atoms with van der Waals surface area (Å²) in [5, 5.41) is 6.07. The molecular weight excluding hydrogens is 252 g/mol. The number of hydrogen-bond donors (Lipinski definition) is 1. The monoisotopic (exact) mass is 278 g/mol. The molecule has 2 nitrogen and oxygen atoms in total. The topological polar surface area (TPSA) is 15.3 Å². The van der Waals surface area contributed by atoms with Gasteiger partial charge in [0.25, 0.3) is 0 Å². The van der Waals surface area contributed by atoms with Crippen LogP contribution in [0.15, 0.2) is 11.4 Å². The van der Waals surface area contributed by atoms with Crippen LogP contribution in [0.4, 0.5) is 0 Å². The molecule has 106 valence electrons. The minimum absolute atomic E-state index is 0.353. The molecule has 1 fully saturated rings. The first kappa shape index (κ1) is 13.6. The lowest BCUT2D eigenvalue weighted by Gasteiger charge is -2.47. The van der Waals surface area contributed by atoms with Crippen molar-refractivity contribution in [3.05, 3.63) is 21.9 Å². The molecule has 19 heavy (non-hydrogen) atoms. The number of aryl methyl sites for hydroxylation is 1. The first-order valence-corrected chi connectivity index (χ1v) is 8.71. The molecule has 0 bridgehead atoms. The van der Waals surface area contributed by atoms with Crippen LogP contribution in [0.2, 0.25) is 0 Å². The van der Waals surface area contributed by atoms with Gasteiger partial charge in [0.05, 0.1) is 0 Å². The Morgan fingerprint density at radius 3 is 3.05 bits per heavy atom. The summed E-state index contributed by atoms with van der Waals surface area (Å²) in [4.78, 5) is 4.40. The van der Waals surface area contributed by atoms with Gasteiger partial charge in [-0.1, -0.05) is 13.8 Å².